The molecule has 0 saturated heterocycles. The molecule has 0 bridgehead atoms. The average molecular weight is 276 g/mol. The fourth-order valence-corrected chi connectivity index (χ4v) is 2.51. The monoisotopic (exact) mass is 276 g/mol. The molecular weight excluding hydrogens is 256 g/mol. The molecule has 0 fully saturated rings. The number of carbonyl (C=O) groups excluding carboxylic acids is 1. The van der Waals surface area contributed by atoms with Crippen molar-refractivity contribution >= 4 is 17.7 Å². The van der Waals surface area contributed by atoms with Crippen molar-refractivity contribution in [2.24, 2.45) is 0 Å². The second-order valence-corrected chi connectivity index (χ2v) is 6.20. The second-order valence-electron chi connectivity index (χ2n) is 5.18. The van der Waals surface area contributed by atoms with Gasteiger partial charge in [-0.15, -0.1) is 11.8 Å². The van der Waals surface area contributed by atoms with Crippen LogP contribution in [0.15, 0.2) is 23.1 Å². The number of amides is 1. The minimum Gasteiger partial charge on any atom is -0.327 e. The molecule has 0 aliphatic carbocycles. The predicted molar refractivity (Wildman–Crippen MR) is 79.1 cm³/mol. The molecule has 102 valence electrons. The molecule has 0 N–H and O–H groups in total. The largest absolute Gasteiger partial charge is 0.327 e. The molecule has 4 heteroatoms. The highest BCUT2D eigenvalue weighted by Gasteiger charge is 2.26. The van der Waals surface area contributed by atoms with Crippen LogP contribution in [0, 0.1) is 25.2 Å². The van der Waals surface area contributed by atoms with E-state index >= 15 is 0 Å². The van der Waals surface area contributed by atoms with E-state index in [9.17, 15) is 4.79 Å². The molecule has 0 saturated carbocycles. The van der Waals surface area contributed by atoms with E-state index in [0.29, 0.717) is 5.75 Å². The van der Waals surface area contributed by atoms with Gasteiger partial charge in [-0.25, -0.2) is 0 Å². The number of aryl methyl sites for hydroxylation is 2. The Kier molecular flexibility index (Phi) is 5.02. The maximum Gasteiger partial charge on any atom is 0.233 e. The van der Waals surface area contributed by atoms with Crippen LogP contribution in [-0.4, -0.2) is 29.1 Å². The van der Waals surface area contributed by atoms with Gasteiger partial charge in [0.15, 0.2) is 0 Å². The van der Waals surface area contributed by atoms with Crippen molar-refractivity contribution in [3.05, 3.63) is 29.3 Å². The fourth-order valence-electron chi connectivity index (χ4n) is 1.58. The van der Waals surface area contributed by atoms with Crippen LogP contribution in [0.4, 0.5) is 0 Å². The lowest BCUT2D eigenvalue weighted by atomic mass is 10.1. The summed E-state index contributed by atoms with van der Waals surface area (Å²) < 4.78 is 0. The number of carbonyl (C=O) groups is 1. The molecule has 0 radical (unpaired) electrons. The van der Waals surface area contributed by atoms with Gasteiger partial charge in [0.25, 0.3) is 0 Å². The average Bonchev–Trinajstić information content (AvgIpc) is 2.36. The van der Waals surface area contributed by atoms with Crippen LogP contribution in [0.2, 0.25) is 0 Å². The fraction of sp³-hybridized carbons (Fsp3) is 0.467. The van der Waals surface area contributed by atoms with E-state index in [4.69, 9.17) is 5.26 Å². The van der Waals surface area contributed by atoms with E-state index < -0.39 is 5.54 Å². The minimum absolute atomic E-state index is 0.0310. The summed E-state index contributed by atoms with van der Waals surface area (Å²) in [6.45, 7) is 7.58. The van der Waals surface area contributed by atoms with Crippen LogP contribution < -0.4 is 0 Å². The Morgan fingerprint density at radius 2 is 2.05 bits per heavy atom. The summed E-state index contributed by atoms with van der Waals surface area (Å²) >= 11 is 1.52. The van der Waals surface area contributed by atoms with Crippen molar-refractivity contribution in [1.82, 2.24) is 4.90 Å². The number of nitrogens with zero attached hydrogens (tertiary/aromatic N) is 2. The molecule has 3 nitrogen and oxygen atoms in total. The van der Waals surface area contributed by atoms with E-state index in [1.807, 2.05) is 19.1 Å². The number of benzene rings is 1. The Labute approximate surface area is 119 Å². The molecule has 1 aromatic carbocycles. The summed E-state index contributed by atoms with van der Waals surface area (Å²) in [5.41, 5.74) is 1.64. The molecule has 0 heterocycles. The normalized spacial score (nSPS) is 10.9. The van der Waals surface area contributed by atoms with Crippen molar-refractivity contribution in [3.63, 3.8) is 0 Å². The van der Waals surface area contributed by atoms with Gasteiger partial charge in [0.2, 0.25) is 5.91 Å². The lowest BCUT2D eigenvalue weighted by Gasteiger charge is -2.29. The molecule has 1 rings (SSSR count). The standard InChI is InChI=1S/C15H20N2OS/c1-11-6-7-13(12(2)8-11)19-9-14(18)17(5)15(3,4)10-16/h6-8H,9H2,1-5H3. The molecule has 0 unspecified atom stereocenters. The molecule has 0 aliphatic rings. The number of rotatable bonds is 4. The summed E-state index contributed by atoms with van der Waals surface area (Å²) in [5.74, 6) is 0.322. The van der Waals surface area contributed by atoms with Crippen LogP contribution in [0.25, 0.3) is 0 Å². The topological polar surface area (TPSA) is 44.1 Å². The zero-order valence-electron chi connectivity index (χ0n) is 12.2. The second kappa shape index (κ2) is 6.12. The Morgan fingerprint density at radius 1 is 1.42 bits per heavy atom. The van der Waals surface area contributed by atoms with Gasteiger partial charge in [0.1, 0.15) is 5.54 Å². The zero-order valence-corrected chi connectivity index (χ0v) is 13.0. The molecule has 0 aliphatic heterocycles. The smallest absolute Gasteiger partial charge is 0.233 e. The maximum atomic E-state index is 12.1. The first kappa shape index (κ1) is 15.6. The molecule has 0 aromatic heterocycles. The highest BCUT2D eigenvalue weighted by Crippen LogP contribution is 2.24. The molecular formula is C15H20N2OS. The number of hydrogen-bond donors (Lipinski definition) is 0. The first-order valence-electron chi connectivity index (χ1n) is 6.16. The summed E-state index contributed by atoms with van der Waals surface area (Å²) in [5, 5.41) is 9.02. The minimum atomic E-state index is -0.764. The third-order valence-corrected chi connectivity index (χ3v) is 4.33. The lowest BCUT2D eigenvalue weighted by molar-refractivity contribution is -0.130. The van der Waals surface area contributed by atoms with Crippen molar-refractivity contribution in [1.29, 1.82) is 5.26 Å². The van der Waals surface area contributed by atoms with Crippen LogP contribution in [-0.2, 0) is 4.79 Å². The number of nitriles is 1. The molecule has 1 aromatic rings. The highest BCUT2D eigenvalue weighted by molar-refractivity contribution is 8.00. The zero-order chi connectivity index (χ0) is 14.6. The quantitative estimate of drug-likeness (QED) is 0.793. The van der Waals surface area contributed by atoms with Crippen molar-refractivity contribution in [2.75, 3.05) is 12.8 Å². The van der Waals surface area contributed by atoms with Gasteiger partial charge in [-0.2, -0.15) is 5.26 Å². The van der Waals surface area contributed by atoms with Crippen molar-refractivity contribution in [3.8, 4) is 6.07 Å². The van der Waals surface area contributed by atoms with Crippen LogP contribution in [0.5, 0.6) is 0 Å². The van der Waals surface area contributed by atoms with Gasteiger partial charge in [0.05, 0.1) is 11.8 Å². The summed E-state index contributed by atoms with van der Waals surface area (Å²) in [6, 6.07) is 8.33. The Bertz CT molecular complexity index is 517. The van der Waals surface area contributed by atoms with E-state index in [-0.39, 0.29) is 5.91 Å². The first-order chi connectivity index (χ1) is 8.77. The van der Waals surface area contributed by atoms with Gasteiger partial charge in [-0.05, 0) is 39.3 Å². The van der Waals surface area contributed by atoms with Gasteiger partial charge in [-0.3, -0.25) is 4.79 Å². The van der Waals surface area contributed by atoms with E-state index in [2.05, 4.69) is 19.1 Å². The van der Waals surface area contributed by atoms with Crippen LogP contribution >= 0.6 is 11.8 Å². The number of hydrogen-bond acceptors (Lipinski definition) is 3. The summed E-state index contributed by atoms with van der Waals surface area (Å²) in [6.07, 6.45) is 0. The van der Waals surface area contributed by atoms with Crippen LogP contribution in [0.3, 0.4) is 0 Å². The van der Waals surface area contributed by atoms with Gasteiger partial charge < -0.3 is 4.90 Å². The third-order valence-electron chi connectivity index (χ3n) is 3.17. The Balaban J connectivity index is 2.67. The highest BCUT2D eigenvalue weighted by atomic mass is 32.2. The molecule has 0 atom stereocenters. The first-order valence-corrected chi connectivity index (χ1v) is 7.14. The lowest BCUT2D eigenvalue weighted by Crippen LogP contribution is -2.44. The summed E-state index contributed by atoms with van der Waals surface area (Å²) in [7, 11) is 1.67. The van der Waals surface area contributed by atoms with Crippen molar-refractivity contribution in [2.45, 2.75) is 38.1 Å². The summed E-state index contributed by atoms with van der Waals surface area (Å²) in [4.78, 5) is 14.7. The maximum absolute atomic E-state index is 12.1. The Hall–Kier alpha value is -1.47. The van der Waals surface area contributed by atoms with Crippen molar-refractivity contribution < 1.29 is 4.79 Å². The number of thioether (sulfide) groups is 1. The van der Waals surface area contributed by atoms with E-state index in [1.165, 1.54) is 27.8 Å². The van der Waals surface area contributed by atoms with Gasteiger partial charge in [-0.1, -0.05) is 17.7 Å². The third kappa shape index (κ3) is 4.00. The molecule has 0 spiro atoms. The molecule has 1 amide bonds. The Morgan fingerprint density at radius 3 is 2.58 bits per heavy atom. The SMILES string of the molecule is Cc1ccc(SCC(=O)N(C)C(C)(C)C#N)c(C)c1. The van der Waals surface area contributed by atoms with Crippen LogP contribution in [0.1, 0.15) is 25.0 Å². The predicted octanol–water partition coefficient (Wildman–Crippen LogP) is 3.16. The molecule has 19 heavy (non-hydrogen) atoms. The van der Waals surface area contributed by atoms with Gasteiger partial charge >= 0.3 is 0 Å². The van der Waals surface area contributed by atoms with Gasteiger partial charge in [0, 0.05) is 11.9 Å². The van der Waals surface area contributed by atoms with E-state index in [0.717, 1.165) is 4.90 Å². The van der Waals surface area contributed by atoms with E-state index in [1.54, 1.807) is 20.9 Å².